The summed E-state index contributed by atoms with van der Waals surface area (Å²) in [5.74, 6) is 0. The van der Waals surface area contributed by atoms with Crippen LogP contribution in [0.25, 0.3) is 65.7 Å². The van der Waals surface area contributed by atoms with E-state index in [-0.39, 0.29) is 11.6 Å². The van der Waals surface area contributed by atoms with Crippen molar-refractivity contribution in [2.24, 2.45) is 5.73 Å². The number of hydrogen-bond acceptors (Lipinski definition) is 3. The highest BCUT2D eigenvalue weighted by Gasteiger charge is 2.37. The fraction of sp³-hybridized carbons (Fsp3) is 0.111. The summed E-state index contributed by atoms with van der Waals surface area (Å²) < 4.78 is 0. The molecule has 9 aromatic rings. The van der Waals surface area contributed by atoms with Crippen molar-refractivity contribution in [1.29, 1.82) is 0 Å². The molecule has 0 radical (unpaired) electrons. The SMILES string of the molecule is CC1(C)c2ccccc2-c2c(C(N)NC(NCc3ccccc3-c3c4ccccc4cc4c3ccc3ccccc34)c3ccc(-c4ccccc4)cc3)cccc21. The van der Waals surface area contributed by atoms with E-state index >= 15 is 0 Å². The molecule has 0 fully saturated rings. The van der Waals surface area contributed by atoms with Crippen LogP contribution in [0.1, 0.15) is 54.0 Å². The van der Waals surface area contributed by atoms with Crippen LogP contribution in [0.5, 0.6) is 0 Å². The molecule has 0 aromatic heterocycles. The minimum Gasteiger partial charge on any atom is -0.312 e. The van der Waals surface area contributed by atoms with Gasteiger partial charge in [0.05, 0.1) is 12.3 Å². The first-order chi connectivity index (χ1) is 28.0. The second-order valence-electron chi connectivity index (χ2n) is 15.9. The Morgan fingerprint density at radius 3 is 1.96 bits per heavy atom. The third-order valence-electron chi connectivity index (χ3n) is 12.2. The summed E-state index contributed by atoms with van der Waals surface area (Å²) in [5.41, 5.74) is 20.7. The van der Waals surface area contributed by atoms with E-state index in [9.17, 15) is 0 Å². The smallest absolute Gasteiger partial charge is 0.0852 e. The lowest BCUT2D eigenvalue weighted by molar-refractivity contribution is 0.386. The maximum atomic E-state index is 7.28. The molecule has 276 valence electrons. The summed E-state index contributed by atoms with van der Waals surface area (Å²) in [7, 11) is 0. The zero-order chi connectivity index (χ0) is 38.5. The van der Waals surface area contributed by atoms with Crippen molar-refractivity contribution < 1.29 is 0 Å². The Balaban J connectivity index is 1.05. The predicted molar refractivity (Wildman–Crippen MR) is 240 cm³/mol. The van der Waals surface area contributed by atoms with E-state index in [1.54, 1.807) is 0 Å². The first kappa shape index (κ1) is 35.1. The Morgan fingerprint density at radius 1 is 0.491 bits per heavy atom. The quantitative estimate of drug-likeness (QED) is 0.0786. The number of nitrogens with one attached hydrogen (secondary N) is 2. The van der Waals surface area contributed by atoms with Gasteiger partial charge in [-0.25, -0.2) is 0 Å². The number of benzene rings is 9. The summed E-state index contributed by atoms with van der Waals surface area (Å²) in [6.45, 7) is 5.26. The number of rotatable bonds is 9. The van der Waals surface area contributed by atoms with Crippen LogP contribution in [-0.2, 0) is 12.0 Å². The van der Waals surface area contributed by atoms with Crippen molar-refractivity contribution >= 4 is 32.3 Å². The lowest BCUT2D eigenvalue weighted by Crippen LogP contribution is -2.40. The number of hydrogen-bond donors (Lipinski definition) is 3. The molecule has 0 amide bonds. The van der Waals surface area contributed by atoms with Gasteiger partial charge in [-0.1, -0.05) is 196 Å². The molecule has 3 nitrogen and oxygen atoms in total. The van der Waals surface area contributed by atoms with Crippen molar-refractivity contribution in [3.63, 3.8) is 0 Å². The van der Waals surface area contributed by atoms with Gasteiger partial charge >= 0.3 is 0 Å². The topological polar surface area (TPSA) is 50.1 Å². The van der Waals surface area contributed by atoms with Gasteiger partial charge in [-0.3, -0.25) is 10.6 Å². The van der Waals surface area contributed by atoms with Gasteiger partial charge in [0.1, 0.15) is 0 Å². The fourth-order valence-corrected chi connectivity index (χ4v) is 9.32. The molecule has 1 aliphatic carbocycles. The van der Waals surface area contributed by atoms with Crippen LogP contribution in [0.15, 0.2) is 188 Å². The molecule has 4 N–H and O–H groups in total. The molecule has 57 heavy (non-hydrogen) atoms. The van der Waals surface area contributed by atoms with Crippen molar-refractivity contribution in [2.45, 2.75) is 38.1 Å². The highest BCUT2D eigenvalue weighted by Crippen LogP contribution is 2.50. The van der Waals surface area contributed by atoms with Gasteiger partial charge < -0.3 is 5.73 Å². The van der Waals surface area contributed by atoms with Crippen LogP contribution in [0.3, 0.4) is 0 Å². The normalized spacial score (nSPS) is 14.1. The first-order valence-electron chi connectivity index (χ1n) is 20.0. The molecule has 2 atom stereocenters. The van der Waals surface area contributed by atoms with Gasteiger partial charge in [0, 0.05) is 12.0 Å². The molecule has 0 heterocycles. The molecule has 0 saturated carbocycles. The Kier molecular flexibility index (Phi) is 8.80. The third kappa shape index (κ3) is 6.12. The zero-order valence-electron chi connectivity index (χ0n) is 32.3. The molecule has 0 bridgehead atoms. The molecule has 3 heteroatoms. The maximum Gasteiger partial charge on any atom is 0.0852 e. The molecule has 9 aromatic carbocycles. The van der Waals surface area contributed by atoms with E-state index in [1.165, 1.54) is 82.4 Å². The van der Waals surface area contributed by atoms with Crippen LogP contribution in [-0.4, -0.2) is 0 Å². The van der Waals surface area contributed by atoms with Gasteiger partial charge in [0.25, 0.3) is 0 Å². The standard InChI is InChI=1S/C54H45N3/c1-54(2)48-25-13-12-23-45(48)51-46(24-14-26-49(51)54)52(55)57-53(38-29-27-36(28-30-38)35-15-4-3-5-16-35)56-34-40-19-8-11-22-43(40)50-42-21-10-7-18-39(42)33-47-41-20-9-6-17-37(41)31-32-44(47)50/h3-33,52-53,56-57H,34,55H2,1-2H3. The monoisotopic (exact) mass is 735 g/mol. The Bertz CT molecular complexity index is 2930. The van der Waals surface area contributed by atoms with E-state index in [4.69, 9.17) is 5.73 Å². The van der Waals surface area contributed by atoms with Crippen molar-refractivity contribution in [3.05, 3.63) is 216 Å². The number of fused-ring (bicyclic) bond motifs is 7. The number of nitrogens with two attached hydrogens (primary N) is 1. The van der Waals surface area contributed by atoms with E-state index in [0.29, 0.717) is 6.54 Å². The molecule has 10 rings (SSSR count). The van der Waals surface area contributed by atoms with Crippen LogP contribution in [0.2, 0.25) is 0 Å². The maximum absolute atomic E-state index is 7.28. The Morgan fingerprint density at radius 2 is 1.14 bits per heavy atom. The molecular weight excluding hydrogens is 691 g/mol. The van der Waals surface area contributed by atoms with Crippen LogP contribution < -0.4 is 16.4 Å². The second kappa shape index (κ2) is 14.3. The first-order valence-corrected chi connectivity index (χ1v) is 20.0. The highest BCUT2D eigenvalue weighted by atomic mass is 15.2. The van der Waals surface area contributed by atoms with Gasteiger partial charge in [-0.15, -0.1) is 0 Å². The zero-order valence-corrected chi connectivity index (χ0v) is 32.3. The largest absolute Gasteiger partial charge is 0.312 e. The van der Waals surface area contributed by atoms with E-state index in [2.05, 4.69) is 213 Å². The van der Waals surface area contributed by atoms with Crippen molar-refractivity contribution in [2.75, 3.05) is 0 Å². The minimum atomic E-state index is -0.432. The van der Waals surface area contributed by atoms with Gasteiger partial charge in [0.15, 0.2) is 0 Å². The predicted octanol–water partition coefficient (Wildman–Crippen LogP) is 12.8. The Labute approximate surface area is 334 Å². The van der Waals surface area contributed by atoms with Gasteiger partial charge in [-0.05, 0) is 99.6 Å². The summed E-state index contributed by atoms with van der Waals surface area (Å²) >= 11 is 0. The molecule has 0 aliphatic heterocycles. The lowest BCUT2D eigenvalue weighted by atomic mass is 9.82. The Hall–Kier alpha value is -6.36. The molecular formula is C54H45N3. The van der Waals surface area contributed by atoms with Crippen LogP contribution >= 0.6 is 0 Å². The van der Waals surface area contributed by atoms with Crippen molar-refractivity contribution in [3.8, 4) is 33.4 Å². The van der Waals surface area contributed by atoms with Gasteiger partial charge in [-0.2, -0.15) is 0 Å². The minimum absolute atomic E-state index is 0.103. The average Bonchev–Trinajstić information content (AvgIpc) is 3.50. The molecule has 0 spiro atoms. The average molecular weight is 736 g/mol. The van der Waals surface area contributed by atoms with Crippen molar-refractivity contribution in [1.82, 2.24) is 10.6 Å². The summed E-state index contributed by atoms with van der Waals surface area (Å²) in [5, 5.41) is 15.4. The summed E-state index contributed by atoms with van der Waals surface area (Å²) in [6, 6.07) is 68.1. The lowest BCUT2D eigenvalue weighted by Gasteiger charge is -2.28. The highest BCUT2D eigenvalue weighted by molar-refractivity contribution is 6.20. The molecule has 2 unspecified atom stereocenters. The summed E-state index contributed by atoms with van der Waals surface area (Å²) in [4.78, 5) is 0. The van der Waals surface area contributed by atoms with Gasteiger partial charge in [0.2, 0.25) is 0 Å². The summed E-state index contributed by atoms with van der Waals surface area (Å²) in [6.07, 6.45) is -0.676. The van der Waals surface area contributed by atoms with E-state index in [1.807, 2.05) is 0 Å². The molecule has 1 aliphatic rings. The fourth-order valence-electron chi connectivity index (χ4n) is 9.32. The van der Waals surface area contributed by atoms with Crippen LogP contribution in [0, 0.1) is 0 Å². The third-order valence-corrected chi connectivity index (χ3v) is 12.2. The second-order valence-corrected chi connectivity index (χ2v) is 15.9. The molecule has 0 saturated heterocycles. The van der Waals surface area contributed by atoms with Crippen LogP contribution in [0.4, 0.5) is 0 Å². The van der Waals surface area contributed by atoms with E-state index in [0.717, 1.165) is 11.1 Å². The van der Waals surface area contributed by atoms with E-state index < -0.39 is 6.17 Å².